The molecular formula is C19H23N3O5S. The van der Waals surface area contributed by atoms with Crippen LogP contribution in [0, 0.1) is 11.3 Å². The Morgan fingerprint density at radius 1 is 1.29 bits per heavy atom. The molecule has 0 atom stereocenters. The lowest BCUT2D eigenvalue weighted by Crippen LogP contribution is -2.50. The molecule has 1 aromatic rings. The topological polar surface area (TPSA) is 117 Å². The predicted molar refractivity (Wildman–Crippen MR) is 102 cm³/mol. The van der Waals surface area contributed by atoms with E-state index in [-0.39, 0.29) is 5.56 Å². The van der Waals surface area contributed by atoms with Gasteiger partial charge in [0.25, 0.3) is 5.91 Å². The molecule has 1 aromatic carbocycles. The molecule has 8 nitrogen and oxygen atoms in total. The van der Waals surface area contributed by atoms with Gasteiger partial charge in [-0.3, -0.25) is 9.10 Å². The van der Waals surface area contributed by atoms with E-state index in [1.807, 2.05) is 0 Å². The van der Waals surface area contributed by atoms with Gasteiger partial charge >= 0.3 is 5.97 Å². The molecule has 0 aromatic heterocycles. The maximum absolute atomic E-state index is 12.3. The number of fused-ring (bicyclic) bond motifs is 1. The first-order valence-electron chi connectivity index (χ1n) is 9.24. The molecule has 2 aliphatic rings. The quantitative estimate of drug-likeness (QED) is 0.742. The number of carbonyl (C=O) groups is 2. The first kappa shape index (κ1) is 20.1. The second-order valence-electron chi connectivity index (χ2n) is 7.31. The fourth-order valence-electron chi connectivity index (χ4n) is 3.78. The molecule has 0 radical (unpaired) electrons. The molecule has 1 aliphatic carbocycles. The number of sulfonamides is 1. The summed E-state index contributed by atoms with van der Waals surface area (Å²) >= 11 is 0. The van der Waals surface area contributed by atoms with Gasteiger partial charge in [0.05, 0.1) is 23.6 Å². The molecule has 1 amide bonds. The van der Waals surface area contributed by atoms with E-state index in [1.165, 1.54) is 10.4 Å². The van der Waals surface area contributed by atoms with E-state index < -0.39 is 34.0 Å². The molecule has 150 valence electrons. The van der Waals surface area contributed by atoms with Crippen LogP contribution in [0.4, 0.5) is 5.69 Å². The van der Waals surface area contributed by atoms with Gasteiger partial charge in [-0.2, -0.15) is 5.26 Å². The number of ether oxygens (including phenoxy) is 1. The molecule has 1 fully saturated rings. The van der Waals surface area contributed by atoms with Crippen molar-refractivity contribution in [2.75, 3.05) is 23.7 Å². The van der Waals surface area contributed by atoms with Gasteiger partial charge in [-0.05, 0) is 43.0 Å². The summed E-state index contributed by atoms with van der Waals surface area (Å²) in [6, 6.07) is 6.84. The highest BCUT2D eigenvalue weighted by molar-refractivity contribution is 7.92. The third kappa shape index (κ3) is 4.28. The van der Waals surface area contributed by atoms with E-state index in [4.69, 9.17) is 4.74 Å². The molecular weight excluding hydrogens is 382 g/mol. The molecule has 0 saturated heterocycles. The number of nitrogens with one attached hydrogen (secondary N) is 1. The number of hydrogen-bond acceptors (Lipinski definition) is 6. The molecule has 1 heterocycles. The average molecular weight is 405 g/mol. The predicted octanol–water partition coefficient (Wildman–Crippen LogP) is 1.51. The smallest absolute Gasteiger partial charge is 0.338 e. The van der Waals surface area contributed by atoms with E-state index in [0.717, 1.165) is 31.1 Å². The van der Waals surface area contributed by atoms with E-state index in [0.29, 0.717) is 31.5 Å². The van der Waals surface area contributed by atoms with Gasteiger partial charge in [0, 0.05) is 6.54 Å². The van der Waals surface area contributed by atoms with Gasteiger partial charge in [0.15, 0.2) is 6.61 Å². The van der Waals surface area contributed by atoms with Crippen LogP contribution in [0.15, 0.2) is 18.2 Å². The standard InChI is InChI=1S/C19H23N3O5S/c1-28(25,26)22-10-7-14-11-15(5-6-16(14)22)18(24)27-12-17(23)21-19(13-20)8-3-2-4-9-19/h5-6,11H,2-4,7-10,12H2,1H3,(H,21,23). The van der Waals surface area contributed by atoms with Gasteiger partial charge in [-0.15, -0.1) is 0 Å². The van der Waals surface area contributed by atoms with Crippen LogP contribution in [0.25, 0.3) is 0 Å². The van der Waals surface area contributed by atoms with Crippen molar-refractivity contribution >= 4 is 27.6 Å². The number of esters is 1. The molecule has 3 rings (SSSR count). The van der Waals surface area contributed by atoms with Crippen LogP contribution in [0.1, 0.15) is 48.0 Å². The first-order valence-corrected chi connectivity index (χ1v) is 11.1. The summed E-state index contributed by atoms with van der Waals surface area (Å²) < 4.78 is 29.9. The molecule has 1 N–H and O–H groups in total. The van der Waals surface area contributed by atoms with Crippen LogP contribution >= 0.6 is 0 Å². The van der Waals surface area contributed by atoms with Gasteiger partial charge in [0.1, 0.15) is 5.54 Å². The maximum Gasteiger partial charge on any atom is 0.338 e. The van der Waals surface area contributed by atoms with Crippen molar-refractivity contribution in [3.8, 4) is 6.07 Å². The van der Waals surface area contributed by atoms with Crippen molar-refractivity contribution in [2.45, 2.75) is 44.1 Å². The third-order valence-electron chi connectivity index (χ3n) is 5.20. The Labute approximate surface area is 164 Å². The zero-order valence-electron chi connectivity index (χ0n) is 15.7. The minimum Gasteiger partial charge on any atom is -0.452 e. The Hall–Kier alpha value is -2.60. The molecule has 0 unspecified atom stereocenters. The molecule has 1 saturated carbocycles. The Morgan fingerprint density at radius 2 is 2.00 bits per heavy atom. The molecule has 28 heavy (non-hydrogen) atoms. The summed E-state index contributed by atoms with van der Waals surface area (Å²) in [6.45, 7) is -0.125. The fraction of sp³-hybridized carbons (Fsp3) is 0.526. The summed E-state index contributed by atoms with van der Waals surface area (Å²) in [5, 5.41) is 12.1. The van der Waals surface area contributed by atoms with E-state index in [1.54, 1.807) is 12.1 Å². The number of anilines is 1. The normalized spacial score (nSPS) is 18.1. The number of carbonyl (C=O) groups excluding carboxylic acids is 2. The second-order valence-corrected chi connectivity index (χ2v) is 9.21. The summed E-state index contributed by atoms with van der Waals surface area (Å²) in [5.74, 6) is -1.16. The van der Waals surface area contributed by atoms with Crippen molar-refractivity contribution in [1.82, 2.24) is 5.32 Å². The van der Waals surface area contributed by atoms with Crippen LogP contribution in [-0.4, -0.2) is 45.2 Å². The van der Waals surface area contributed by atoms with Gasteiger partial charge < -0.3 is 10.1 Å². The number of hydrogen-bond donors (Lipinski definition) is 1. The van der Waals surface area contributed by atoms with E-state index in [2.05, 4.69) is 11.4 Å². The average Bonchev–Trinajstić information content (AvgIpc) is 3.10. The van der Waals surface area contributed by atoms with Crippen molar-refractivity contribution < 1.29 is 22.7 Å². The van der Waals surface area contributed by atoms with Crippen molar-refractivity contribution in [2.24, 2.45) is 0 Å². The maximum atomic E-state index is 12.3. The Bertz CT molecular complexity index is 929. The van der Waals surface area contributed by atoms with Crippen LogP contribution in [0.2, 0.25) is 0 Å². The minimum absolute atomic E-state index is 0.259. The van der Waals surface area contributed by atoms with Crippen molar-refractivity contribution in [3.63, 3.8) is 0 Å². The number of nitriles is 1. The van der Waals surface area contributed by atoms with Gasteiger partial charge in [-0.25, -0.2) is 13.2 Å². The molecule has 0 spiro atoms. The zero-order valence-corrected chi connectivity index (χ0v) is 16.5. The fourth-order valence-corrected chi connectivity index (χ4v) is 4.74. The lowest BCUT2D eigenvalue weighted by molar-refractivity contribution is -0.125. The van der Waals surface area contributed by atoms with Gasteiger partial charge in [0.2, 0.25) is 10.0 Å². The number of amides is 1. The summed E-state index contributed by atoms with van der Waals surface area (Å²) in [7, 11) is -3.36. The molecule has 0 bridgehead atoms. The number of rotatable bonds is 5. The number of nitrogens with zero attached hydrogens (tertiary/aromatic N) is 2. The van der Waals surface area contributed by atoms with Crippen LogP contribution in [0.3, 0.4) is 0 Å². The third-order valence-corrected chi connectivity index (χ3v) is 6.38. The Balaban J connectivity index is 1.60. The summed E-state index contributed by atoms with van der Waals surface area (Å²) in [4.78, 5) is 24.4. The highest BCUT2D eigenvalue weighted by atomic mass is 32.2. The Kier molecular flexibility index (Phi) is 5.61. The second kappa shape index (κ2) is 7.80. The van der Waals surface area contributed by atoms with Crippen molar-refractivity contribution in [3.05, 3.63) is 29.3 Å². The zero-order chi connectivity index (χ0) is 20.4. The lowest BCUT2D eigenvalue weighted by atomic mass is 9.83. The highest BCUT2D eigenvalue weighted by Gasteiger charge is 2.34. The van der Waals surface area contributed by atoms with Crippen LogP contribution in [-0.2, 0) is 26.0 Å². The highest BCUT2D eigenvalue weighted by Crippen LogP contribution is 2.31. The largest absolute Gasteiger partial charge is 0.452 e. The van der Waals surface area contributed by atoms with E-state index >= 15 is 0 Å². The SMILES string of the molecule is CS(=O)(=O)N1CCc2cc(C(=O)OCC(=O)NC3(C#N)CCCCC3)ccc21. The minimum atomic E-state index is -3.36. The summed E-state index contributed by atoms with van der Waals surface area (Å²) in [5.41, 5.74) is 0.694. The van der Waals surface area contributed by atoms with E-state index in [9.17, 15) is 23.3 Å². The molecule has 1 aliphatic heterocycles. The van der Waals surface area contributed by atoms with Crippen LogP contribution in [0.5, 0.6) is 0 Å². The Morgan fingerprint density at radius 3 is 2.64 bits per heavy atom. The first-order chi connectivity index (χ1) is 13.2. The number of benzene rings is 1. The summed E-state index contributed by atoms with van der Waals surface area (Å²) in [6.07, 6.45) is 5.66. The monoisotopic (exact) mass is 405 g/mol. The van der Waals surface area contributed by atoms with Crippen LogP contribution < -0.4 is 9.62 Å². The molecule has 9 heteroatoms. The van der Waals surface area contributed by atoms with Crippen molar-refractivity contribution in [1.29, 1.82) is 5.26 Å². The lowest BCUT2D eigenvalue weighted by Gasteiger charge is -2.31. The van der Waals surface area contributed by atoms with Gasteiger partial charge in [-0.1, -0.05) is 19.3 Å².